The zero-order chi connectivity index (χ0) is 16.2. The van der Waals surface area contributed by atoms with Crippen molar-refractivity contribution in [1.29, 1.82) is 0 Å². The summed E-state index contributed by atoms with van der Waals surface area (Å²) in [6.45, 7) is 4.65. The SMILES string of the molecule is CC[C@H](C)C(=O)NC[C@@H](c1cccs1)c1c[nH]c2ccccc12. The van der Waals surface area contributed by atoms with Crippen LogP contribution >= 0.6 is 11.3 Å². The number of carbonyl (C=O) groups is 1. The number of hydrogen-bond acceptors (Lipinski definition) is 2. The fourth-order valence-corrected chi connectivity index (χ4v) is 3.64. The average molecular weight is 326 g/mol. The van der Waals surface area contributed by atoms with Crippen LogP contribution in [0.5, 0.6) is 0 Å². The van der Waals surface area contributed by atoms with Gasteiger partial charge in [0.2, 0.25) is 5.91 Å². The summed E-state index contributed by atoms with van der Waals surface area (Å²) in [4.78, 5) is 16.8. The van der Waals surface area contributed by atoms with Gasteiger partial charge in [-0.05, 0) is 29.5 Å². The number of nitrogens with one attached hydrogen (secondary N) is 2. The second-order valence-electron chi connectivity index (χ2n) is 5.91. The van der Waals surface area contributed by atoms with E-state index in [1.54, 1.807) is 11.3 Å². The molecule has 0 saturated carbocycles. The number of thiophene rings is 1. The lowest BCUT2D eigenvalue weighted by Crippen LogP contribution is -2.32. The summed E-state index contributed by atoms with van der Waals surface area (Å²) < 4.78 is 0. The van der Waals surface area contributed by atoms with Gasteiger partial charge in [-0.25, -0.2) is 0 Å². The Balaban J connectivity index is 1.89. The summed E-state index contributed by atoms with van der Waals surface area (Å²) in [7, 11) is 0. The van der Waals surface area contributed by atoms with Crippen LogP contribution in [0.2, 0.25) is 0 Å². The predicted molar refractivity (Wildman–Crippen MR) is 96.9 cm³/mol. The summed E-state index contributed by atoms with van der Waals surface area (Å²) in [6, 6.07) is 12.5. The van der Waals surface area contributed by atoms with Crippen molar-refractivity contribution in [3.63, 3.8) is 0 Å². The normalized spacial score (nSPS) is 13.8. The van der Waals surface area contributed by atoms with Crippen LogP contribution in [-0.4, -0.2) is 17.4 Å². The number of aromatic nitrogens is 1. The maximum absolute atomic E-state index is 12.2. The molecule has 3 rings (SSSR count). The largest absolute Gasteiger partial charge is 0.361 e. The topological polar surface area (TPSA) is 44.9 Å². The molecule has 2 aromatic heterocycles. The number of hydrogen-bond donors (Lipinski definition) is 2. The lowest BCUT2D eigenvalue weighted by molar-refractivity contribution is -0.124. The second-order valence-corrected chi connectivity index (χ2v) is 6.89. The van der Waals surface area contributed by atoms with Gasteiger partial charge in [0.15, 0.2) is 0 Å². The standard InChI is InChI=1S/C19H22N2OS/c1-3-13(2)19(22)21-12-16(18-9-6-10-23-18)15-11-20-17-8-5-4-7-14(15)17/h4-11,13,16,20H,3,12H2,1-2H3,(H,21,22)/t13-,16+/m0/s1. The van der Waals surface area contributed by atoms with Crippen molar-refractivity contribution in [2.24, 2.45) is 5.92 Å². The van der Waals surface area contributed by atoms with Crippen molar-refractivity contribution in [3.8, 4) is 0 Å². The highest BCUT2D eigenvalue weighted by Gasteiger charge is 2.20. The molecule has 2 atom stereocenters. The Hall–Kier alpha value is -2.07. The highest BCUT2D eigenvalue weighted by molar-refractivity contribution is 7.10. The van der Waals surface area contributed by atoms with Gasteiger partial charge in [0, 0.05) is 40.4 Å². The zero-order valence-electron chi connectivity index (χ0n) is 13.5. The summed E-state index contributed by atoms with van der Waals surface area (Å²) in [5.41, 5.74) is 2.38. The van der Waals surface area contributed by atoms with E-state index in [1.165, 1.54) is 15.8 Å². The van der Waals surface area contributed by atoms with E-state index in [2.05, 4.69) is 52.2 Å². The van der Waals surface area contributed by atoms with Crippen LogP contribution in [0.4, 0.5) is 0 Å². The molecule has 2 heterocycles. The molecule has 0 aliphatic rings. The molecule has 0 radical (unpaired) electrons. The van der Waals surface area contributed by atoms with Gasteiger partial charge in [-0.15, -0.1) is 11.3 Å². The van der Waals surface area contributed by atoms with E-state index in [-0.39, 0.29) is 17.7 Å². The number of carbonyl (C=O) groups excluding carboxylic acids is 1. The average Bonchev–Trinajstić information content (AvgIpc) is 3.24. The maximum atomic E-state index is 12.2. The fourth-order valence-electron chi connectivity index (χ4n) is 2.80. The Labute approximate surface area is 140 Å². The minimum Gasteiger partial charge on any atom is -0.361 e. The quantitative estimate of drug-likeness (QED) is 0.687. The van der Waals surface area contributed by atoms with Crippen molar-refractivity contribution in [1.82, 2.24) is 10.3 Å². The molecule has 120 valence electrons. The summed E-state index contributed by atoms with van der Waals surface area (Å²) in [5, 5.41) is 6.45. The Kier molecular flexibility index (Phi) is 4.82. The Morgan fingerprint density at radius 1 is 1.26 bits per heavy atom. The van der Waals surface area contributed by atoms with Gasteiger partial charge < -0.3 is 10.3 Å². The van der Waals surface area contributed by atoms with Gasteiger partial charge in [-0.2, -0.15) is 0 Å². The van der Waals surface area contributed by atoms with Crippen molar-refractivity contribution in [3.05, 3.63) is 58.4 Å². The van der Waals surface area contributed by atoms with E-state index in [1.807, 2.05) is 19.9 Å². The van der Waals surface area contributed by atoms with Crippen LogP contribution in [-0.2, 0) is 4.79 Å². The molecule has 0 aliphatic carbocycles. The zero-order valence-corrected chi connectivity index (χ0v) is 14.3. The van der Waals surface area contributed by atoms with Crippen molar-refractivity contribution in [2.75, 3.05) is 6.54 Å². The van der Waals surface area contributed by atoms with Crippen LogP contribution in [0.3, 0.4) is 0 Å². The predicted octanol–water partition coefficient (Wildman–Crippen LogP) is 4.52. The fraction of sp³-hybridized carbons (Fsp3) is 0.316. The van der Waals surface area contributed by atoms with E-state index in [9.17, 15) is 4.79 Å². The number of fused-ring (bicyclic) bond motifs is 1. The number of rotatable bonds is 6. The second kappa shape index (κ2) is 7.01. The molecule has 3 aromatic rings. The van der Waals surface area contributed by atoms with Gasteiger partial charge in [-0.3, -0.25) is 4.79 Å². The molecule has 0 aliphatic heterocycles. The molecule has 0 saturated heterocycles. The number of para-hydroxylation sites is 1. The number of aromatic amines is 1. The summed E-state index contributed by atoms with van der Waals surface area (Å²) in [5.74, 6) is 0.370. The van der Waals surface area contributed by atoms with Gasteiger partial charge in [-0.1, -0.05) is 38.1 Å². The molecular formula is C19H22N2OS. The molecule has 4 heteroatoms. The molecule has 3 nitrogen and oxygen atoms in total. The highest BCUT2D eigenvalue weighted by Crippen LogP contribution is 2.32. The molecule has 2 N–H and O–H groups in total. The van der Waals surface area contributed by atoms with E-state index in [4.69, 9.17) is 0 Å². The number of benzene rings is 1. The monoisotopic (exact) mass is 326 g/mol. The van der Waals surface area contributed by atoms with E-state index >= 15 is 0 Å². The first-order chi connectivity index (χ1) is 11.2. The molecular weight excluding hydrogens is 304 g/mol. The molecule has 0 fully saturated rings. The van der Waals surface area contributed by atoms with Crippen molar-refractivity contribution >= 4 is 28.1 Å². The van der Waals surface area contributed by atoms with Crippen LogP contribution < -0.4 is 5.32 Å². The minimum atomic E-state index is 0.0574. The molecule has 0 unspecified atom stereocenters. The third-order valence-electron chi connectivity index (χ3n) is 4.42. The van der Waals surface area contributed by atoms with Crippen LogP contribution in [0.1, 0.15) is 36.6 Å². The number of amides is 1. The van der Waals surface area contributed by atoms with Gasteiger partial charge in [0.1, 0.15) is 0 Å². The first-order valence-corrected chi connectivity index (χ1v) is 8.95. The van der Waals surface area contributed by atoms with Gasteiger partial charge >= 0.3 is 0 Å². The Morgan fingerprint density at radius 3 is 2.83 bits per heavy atom. The lowest BCUT2D eigenvalue weighted by atomic mass is 9.96. The third kappa shape index (κ3) is 3.32. The highest BCUT2D eigenvalue weighted by atomic mass is 32.1. The summed E-state index contributed by atoms with van der Waals surface area (Å²) in [6.07, 6.45) is 2.94. The lowest BCUT2D eigenvalue weighted by Gasteiger charge is -2.18. The molecule has 1 amide bonds. The van der Waals surface area contributed by atoms with E-state index in [0.717, 1.165) is 11.9 Å². The maximum Gasteiger partial charge on any atom is 0.222 e. The Bertz CT molecular complexity index is 776. The van der Waals surface area contributed by atoms with E-state index in [0.29, 0.717) is 6.54 Å². The molecule has 23 heavy (non-hydrogen) atoms. The van der Waals surface area contributed by atoms with Crippen LogP contribution in [0.15, 0.2) is 48.0 Å². The van der Waals surface area contributed by atoms with Gasteiger partial charge in [0.25, 0.3) is 0 Å². The first-order valence-electron chi connectivity index (χ1n) is 8.07. The molecule has 1 aromatic carbocycles. The Morgan fingerprint density at radius 2 is 2.09 bits per heavy atom. The summed E-state index contributed by atoms with van der Waals surface area (Å²) >= 11 is 1.74. The molecule has 0 bridgehead atoms. The van der Waals surface area contributed by atoms with Crippen LogP contribution in [0, 0.1) is 5.92 Å². The third-order valence-corrected chi connectivity index (χ3v) is 5.41. The van der Waals surface area contributed by atoms with Gasteiger partial charge in [0.05, 0.1) is 0 Å². The molecule has 0 spiro atoms. The van der Waals surface area contributed by atoms with Crippen LogP contribution in [0.25, 0.3) is 10.9 Å². The minimum absolute atomic E-state index is 0.0574. The van der Waals surface area contributed by atoms with Crippen molar-refractivity contribution < 1.29 is 4.79 Å². The van der Waals surface area contributed by atoms with Crippen molar-refractivity contribution in [2.45, 2.75) is 26.2 Å². The van der Waals surface area contributed by atoms with E-state index < -0.39 is 0 Å². The smallest absolute Gasteiger partial charge is 0.222 e. The number of H-pyrrole nitrogens is 1. The first kappa shape index (κ1) is 15.8.